The zero-order chi connectivity index (χ0) is 20.0. The number of amides is 1. The summed E-state index contributed by atoms with van der Waals surface area (Å²) in [7, 11) is 2.07. The highest BCUT2D eigenvalue weighted by molar-refractivity contribution is 5.76. The maximum atomic E-state index is 10.7. The molecule has 13 heteroatoms. The average molecular weight is 371 g/mol. The molecule has 3 N–H and O–H groups in total. The minimum Gasteiger partial charge on any atom is -0.497 e. The Morgan fingerprint density at radius 3 is 1.81 bits per heavy atom. The normalized spacial score (nSPS) is 14.8. The molecule has 0 radical (unpaired) electrons. The van der Waals surface area contributed by atoms with Crippen LogP contribution in [0, 0.1) is 36.3 Å². The van der Waals surface area contributed by atoms with Crippen LogP contribution >= 0.6 is 0 Å². The van der Waals surface area contributed by atoms with E-state index in [9.17, 15) is 35.1 Å². The molecule has 1 aromatic rings. The SMILES string of the molecule is CN1CCC(C(N)=O)CC1.O=[N+]([O-])c1cc([N+](=O)[O-])c(O)c([N+](=O)[O-])c1. The lowest BCUT2D eigenvalue weighted by Gasteiger charge is -2.26. The third kappa shape index (κ3) is 5.34. The molecule has 1 aliphatic rings. The van der Waals surface area contributed by atoms with Crippen LogP contribution in [0.2, 0.25) is 0 Å². The van der Waals surface area contributed by atoms with Crippen LogP contribution in [0.5, 0.6) is 5.75 Å². The Balaban J connectivity index is 0.000000289. The minimum atomic E-state index is -1.21. The maximum absolute atomic E-state index is 10.7. The molecule has 0 atom stereocenters. The lowest BCUT2D eigenvalue weighted by molar-refractivity contribution is -0.404. The number of benzene rings is 1. The van der Waals surface area contributed by atoms with Crippen molar-refractivity contribution in [2.75, 3.05) is 20.1 Å². The molecule has 1 saturated heterocycles. The number of phenols is 1. The van der Waals surface area contributed by atoms with E-state index >= 15 is 0 Å². The standard InChI is InChI=1S/C7H14N2O.C6H3N3O7/c1-9-4-2-6(3-5-9)7(8)10;10-6-4(8(13)14)1-3(7(11)12)2-5(6)9(15)16/h6H,2-5H2,1H3,(H2,8,10);1-2,10H. The Hall–Kier alpha value is -3.35. The highest BCUT2D eigenvalue weighted by Gasteiger charge is 2.30. The monoisotopic (exact) mass is 371 g/mol. The number of non-ortho nitro benzene ring substituents is 1. The van der Waals surface area contributed by atoms with Gasteiger partial charge in [-0.3, -0.25) is 35.1 Å². The fourth-order valence-corrected chi connectivity index (χ4v) is 2.27. The lowest BCUT2D eigenvalue weighted by atomic mass is 9.97. The predicted octanol–water partition coefficient (Wildman–Crippen LogP) is 0.930. The van der Waals surface area contributed by atoms with E-state index in [4.69, 9.17) is 10.8 Å². The van der Waals surface area contributed by atoms with Crippen molar-refractivity contribution in [3.05, 3.63) is 42.5 Å². The van der Waals surface area contributed by atoms with Gasteiger partial charge in [0, 0.05) is 5.92 Å². The summed E-state index contributed by atoms with van der Waals surface area (Å²) < 4.78 is 0. The van der Waals surface area contributed by atoms with Crippen LogP contribution in [0.1, 0.15) is 12.8 Å². The smallest absolute Gasteiger partial charge is 0.324 e. The average Bonchev–Trinajstić information content (AvgIpc) is 2.55. The molecule has 0 aliphatic carbocycles. The Morgan fingerprint density at radius 1 is 1.08 bits per heavy atom. The van der Waals surface area contributed by atoms with Crippen LogP contribution < -0.4 is 5.73 Å². The van der Waals surface area contributed by atoms with Gasteiger partial charge in [0.25, 0.3) is 11.4 Å². The summed E-state index contributed by atoms with van der Waals surface area (Å²) in [5, 5.41) is 40.2. The number of primary amides is 1. The van der Waals surface area contributed by atoms with Crippen LogP contribution in [-0.2, 0) is 4.79 Å². The molecule has 1 heterocycles. The molecular weight excluding hydrogens is 354 g/mol. The van der Waals surface area contributed by atoms with Crippen molar-refractivity contribution < 1.29 is 24.7 Å². The van der Waals surface area contributed by atoms with Gasteiger partial charge in [-0.15, -0.1) is 0 Å². The van der Waals surface area contributed by atoms with Gasteiger partial charge in [-0.25, -0.2) is 0 Å². The first kappa shape index (κ1) is 20.7. The maximum Gasteiger partial charge on any atom is 0.324 e. The molecule has 1 fully saturated rings. The molecule has 13 nitrogen and oxygen atoms in total. The van der Waals surface area contributed by atoms with Gasteiger partial charge in [0.1, 0.15) is 0 Å². The highest BCUT2D eigenvalue weighted by Crippen LogP contribution is 2.38. The first-order valence-corrected chi connectivity index (χ1v) is 7.32. The molecule has 142 valence electrons. The van der Waals surface area contributed by atoms with E-state index < -0.39 is 37.6 Å². The number of nitro benzene ring substituents is 3. The van der Waals surface area contributed by atoms with Crippen molar-refractivity contribution in [3.8, 4) is 5.75 Å². The van der Waals surface area contributed by atoms with Crippen molar-refractivity contribution in [1.82, 2.24) is 4.90 Å². The van der Waals surface area contributed by atoms with Gasteiger partial charge in [-0.1, -0.05) is 0 Å². The van der Waals surface area contributed by atoms with Crippen LogP contribution in [0.25, 0.3) is 0 Å². The van der Waals surface area contributed by atoms with Gasteiger partial charge in [-0.05, 0) is 33.0 Å². The molecule has 0 spiro atoms. The van der Waals surface area contributed by atoms with E-state index in [1.807, 2.05) is 0 Å². The fourth-order valence-electron chi connectivity index (χ4n) is 2.27. The number of nitrogens with zero attached hydrogens (tertiary/aromatic N) is 4. The summed E-state index contributed by atoms with van der Waals surface area (Å²) in [5.41, 5.74) is 2.15. The molecule has 1 amide bonds. The Bertz CT molecular complexity index is 694. The summed E-state index contributed by atoms with van der Waals surface area (Å²) in [6, 6.07) is 0.894. The number of hydrogen-bond donors (Lipinski definition) is 2. The van der Waals surface area contributed by atoms with Crippen molar-refractivity contribution >= 4 is 23.0 Å². The van der Waals surface area contributed by atoms with E-state index in [2.05, 4.69) is 11.9 Å². The van der Waals surface area contributed by atoms with Crippen molar-refractivity contribution in [1.29, 1.82) is 0 Å². The van der Waals surface area contributed by atoms with E-state index in [0.29, 0.717) is 12.1 Å². The van der Waals surface area contributed by atoms with Gasteiger partial charge in [0.2, 0.25) is 5.91 Å². The number of aromatic hydroxyl groups is 1. The second-order valence-electron chi connectivity index (χ2n) is 5.58. The first-order chi connectivity index (χ1) is 12.0. The number of nitrogens with two attached hydrogens (primary N) is 1. The molecule has 1 aliphatic heterocycles. The van der Waals surface area contributed by atoms with E-state index in [1.54, 1.807) is 0 Å². The summed E-state index contributed by atoms with van der Waals surface area (Å²) in [6.45, 7) is 2.02. The zero-order valence-electron chi connectivity index (χ0n) is 13.7. The molecule has 0 unspecified atom stereocenters. The second-order valence-corrected chi connectivity index (χ2v) is 5.58. The number of carbonyl (C=O) groups excluding carboxylic acids is 1. The van der Waals surface area contributed by atoms with Gasteiger partial charge in [0.15, 0.2) is 0 Å². The first-order valence-electron chi connectivity index (χ1n) is 7.32. The fraction of sp³-hybridized carbons (Fsp3) is 0.462. The number of rotatable bonds is 4. The van der Waals surface area contributed by atoms with E-state index in [-0.39, 0.29) is 11.8 Å². The number of nitro groups is 3. The third-order valence-electron chi connectivity index (χ3n) is 3.78. The molecular formula is C13H17N5O8. The second kappa shape index (κ2) is 8.66. The number of phenolic OH excluding ortho intramolecular Hbond substituents is 1. The quantitative estimate of drug-likeness (QED) is 0.571. The van der Waals surface area contributed by atoms with E-state index in [0.717, 1.165) is 25.9 Å². The molecule has 1 aromatic carbocycles. The number of piperidine rings is 1. The summed E-state index contributed by atoms with van der Waals surface area (Å²) in [4.78, 5) is 40.7. The van der Waals surface area contributed by atoms with Crippen LogP contribution in [0.4, 0.5) is 17.1 Å². The Labute approximate surface area is 146 Å². The lowest BCUT2D eigenvalue weighted by Crippen LogP contribution is -2.36. The third-order valence-corrected chi connectivity index (χ3v) is 3.78. The Morgan fingerprint density at radius 2 is 1.50 bits per heavy atom. The molecule has 0 aromatic heterocycles. The summed E-state index contributed by atoms with van der Waals surface area (Å²) in [6.07, 6.45) is 1.87. The van der Waals surface area contributed by atoms with Crippen LogP contribution in [-0.4, -0.2) is 50.8 Å². The van der Waals surface area contributed by atoms with Gasteiger partial charge in [-0.2, -0.15) is 0 Å². The van der Waals surface area contributed by atoms with Crippen LogP contribution in [0.3, 0.4) is 0 Å². The number of likely N-dealkylation sites (tertiary alicyclic amines) is 1. The number of hydrogen-bond acceptors (Lipinski definition) is 9. The Kier molecular flexibility index (Phi) is 6.89. The molecule has 26 heavy (non-hydrogen) atoms. The van der Waals surface area contributed by atoms with Gasteiger partial charge >= 0.3 is 11.4 Å². The van der Waals surface area contributed by atoms with Crippen LogP contribution in [0.15, 0.2) is 12.1 Å². The predicted molar refractivity (Wildman–Crippen MR) is 87.5 cm³/mol. The molecule has 2 rings (SSSR count). The minimum absolute atomic E-state index is 0.131. The van der Waals surface area contributed by atoms with Gasteiger partial charge in [0.05, 0.1) is 26.9 Å². The summed E-state index contributed by atoms with van der Waals surface area (Å²) in [5.74, 6) is -1.20. The highest BCUT2D eigenvalue weighted by atomic mass is 16.6. The summed E-state index contributed by atoms with van der Waals surface area (Å²) >= 11 is 0. The zero-order valence-corrected chi connectivity index (χ0v) is 13.7. The number of carbonyl (C=O) groups is 1. The molecule has 0 saturated carbocycles. The van der Waals surface area contributed by atoms with E-state index in [1.165, 1.54) is 0 Å². The van der Waals surface area contributed by atoms with Crippen molar-refractivity contribution in [3.63, 3.8) is 0 Å². The topological polar surface area (TPSA) is 196 Å². The van der Waals surface area contributed by atoms with Gasteiger partial charge < -0.3 is 15.7 Å². The van der Waals surface area contributed by atoms with Crippen molar-refractivity contribution in [2.24, 2.45) is 11.7 Å². The largest absolute Gasteiger partial charge is 0.497 e. The van der Waals surface area contributed by atoms with Crippen molar-refractivity contribution in [2.45, 2.75) is 12.8 Å². The molecule has 0 bridgehead atoms.